The van der Waals surface area contributed by atoms with E-state index in [1.807, 2.05) is 13.8 Å². The van der Waals surface area contributed by atoms with Gasteiger partial charge in [0, 0.05) is 16.1 Å². The van der Waals surface area contributed by atoms with Crippen molar-refractivity contribution in [2.24, 2.45) is 0 Å². The van der Waals surface area contributed by atoms with Crippen molar-refractivity contribution in [3.63, 3.8) is 0 Å². The van der Waals surface area contributed by atoms with Crippen molar-refractivity contribution < 1.29 is 9.50 Å². The fourth-order valence-electron chi connectivity index (χ4n) is 1.48. The molecule has 16 heavy (non-hydrogen) atoms. The number of hydrogen-bond acceptors (Lipinski definition) is 2. The highest BCUT2D eigenvalue weighted by Crippen LogP contribution is 2.22. The number of aliphatic hydroxyl groups excluding tert-OH is 1. The predicted octanol–water partition coefficient (Wildman–Crippen LogP) is 3.01. The third-order valence-electron chi connectivity index (χ3n) is 2.61. The monoisotopic (exact) mass is 289 g/mol. The molecule has 2 unspecified atom stereocenters. The van der Waals surface area contributed by atoms with Crippen LogP contribution in [0.5, 0.6) is 0 Å². The Morgan fingerprint density at radius 2 is 2.19 bits per heavy atom. The van der Waals surface area contributed by atoms with Crippen LogP contribution in [0.2, 0.25) is 0 Å². The van der Waals surface area contributed by atoms with E-state index in [0.717, 1.165) is 10.9 Å². The van der Waals surface area contributed by atoms with Gasteiger partial charge in [0.1, 0.15) is 5.82 Å². The van der Waals surface area contributed by atoms with E-state index in [9.17, 15) is 9.50 Å². The molecular formula is C12H17BrFNO. The molecule has 0 radical (unpaired) electrons. The van der Waals surface area contributed by atoms with Crippen molar-refractivity contribution in [2.75, 3.05) is 6.61 Å². The Hall–Kier alpha value is -0.450. The Balaban J connectivity index is 2.89. The van der Waals surface area contributed by atoms with E-state index >= 15 is 0 Å². The van der Waals surface area contributed by atoms with Gasteiger partial charge in [0.2, 0.25) is 0 Å². The van der Waals surface area contributed by atoms with Crippen LogP contribution in [0.25, 0.3) is 0 Å². The standard InChI is InChI=1S/C12H17BrFNO/c1-3-8(2)15-12(7-16)10-6-9(13)4-5-11(10)14/h4-6,8,12,15-16H,3,7H2,1-2H3. The van der Waals surface area contributed by atoms with E-state index in [2.05, 4.69) is 21.2 Å². The highest BCUT2D eigenvalue weighted by atomic mass is 79.9. The van der Waals surface area contributed by atoms with Gasteiger partial charge in [-0.25, -0.2) is 4.39 Å². The molecule has 1 aromatic carbocycles. The van der Waals surface area contributed by atoms with Crippen LogP contribution in [0.15, 0.2) is 22.7 Å². The van der Waals surface area contributed by atoms with Gasteiger partial charge in [-0.1, -0.05) is 22.9 Å². The molecule has 0 aliphatic carbocycles. The zero-order chi connectivity index (χ0) is 12.1. The molecule has 1 rings (SSSR count). The van der Waals surface area contributed by atoms with E-state index in [0.29, 0.717) is 5.56 Å². The van der Waals surface area contributed by atoms with Crippen LogP contribution in [0, 0.1) is 5.82 Å². The molecule has 2 nitrogen and oxygen atoms in total. The quantitative estimate of drug-likeness (QED) is 0.873. The van der Waals surface area contributed by atoms with Gasteiger partial charge in [-0.15, -0.1) is 0 Å². The second kappa shape index (κ2) is 6.33. The summed E-state index contributed by atoms with van der Waals surface area (Å²) in [6, 6.07) is 4.64. The predicted molar refractivity (Wildman–Crippen MR) is 66.8 cm³/mol. The van der Waals surface area contributed by atoms with Gasteiger partial charge < -0.3 is 10.4 Å². The first-order chi connectivity index (χ1) is 7.58. The number of nitrogens with one attached hydrogen (secondary N) is 1. The first-order valence-corrected chi connectivity index (χ1v) is 6.19. The summed E-state index contributed by atoms with van der Waals surface area (Å²) in [7, 11) is 0. The Bertz CT molecular complexity index is 346. The number of aliphatic hydroxyl groups is 1. The molecule has 2 N–H and O–H groups in total. The summed E-state index contributed by atoms with van der Waals surface area (Å²) in [6.45, 7) is 3.94. The molecule has 0 saturated heterocycles. The molecule has 0 spiro atoms. The Morgan fingerprint density at radius 1 is 1.50 bits per heavy atom. The van der Waals surface area contributed by atoms with Crippen LogP contribution in [0.1, 0.15) is 31.9 Å². The molecule has 0 bridgehead atoms. The normalized spacial score (nSPS) is 14.8. The van der Waals surface area contributed by atoms with Gasteiger partial charge in [-0.3, -0.25) is 0 Å². The van der Waals surface area contributed by atoms with Crippen LogP contribution < -0.4 is 5.32 Å². The van der Waals surface area contributed by atoms with Crippen molar-refractivity contribution >= 4 is 15.9 Å². The molecule has 4 heteroatoms. The average molecular weight is 290 g/mol. The smallest absolute Gasteiger partial charge is 0.128 e. The van der Waals surface area contributed by atoms with Crippen LogP contribution >= 0.6 is 15.9 Å². The third kappa shape index (κ3) is 3.54. The number of rotatable bonds is 5. The summed E-state index contributed by atoms with van der Waals surface area (Å²) < 4.78 is 14.4. The second-order valence-corrected chi connectivity index (χ2v) is 4.79. The minimum Gasteiger partial charge on any atom is -0.394 e. The Morgan fingerprint density at radius 3 is 2.75 bits per heavy atom. The fourth-order valence-corrected chi connectivity index (χ4v) is 1.86. The first-order valence-electron chi connectivity index (χ1n) is 5.40. The first kappa shape index (κ1) is 13.6. The van der Waals surface area contributed by atoms with Gasteiger partial charge in [-0.05, 0) is 31.5 Å². The zero-order valence-corrected chi connectivity index (χ0v) is 11.1. The molecule has 0 aliphatic rings. The topological polar surface area (TPSA) is 32.3 Å². The Kier molecular flexibility index (Phi) is 5.38. The summed E-state index contributed by atoms with van der Waals surface area (Å²) in [5, 5.41) is 12.5. The van der Waals surface area contributed by atoms with Crippen LogP contribution in [0.4, 0.5) is 4.39 Å². The Labute approximate surface area is 104 Å². The maximum absolute atomic E-state index is 13.6. The summed E-state index contributed by atoms with van der Waals surface area (Å²) in [6.07, 6.45) is 0.937. The van der Waals surface area contributed by atoms with E-state index < -0.39 is 0 Å². The maximum Gasteiger partial charge on any atom is 0.128 e. The number of halogens is 2. The highest BCUT2D eigenvalue weighted by Gasteiger charge is 2.16. The molecule has 0 aromatic heterocycles. The van der Waals surface area contributed by atoms with Crippen molar-refractivity contribution in [1.29, 1.82) is 0 Å². The molecule has 0 saturated carbocycles. The summed E-state index contributed by atoms with van der Waals surface area (Å²) in [5.74, 6) is -0.293. The van der Waals surface area contributed by atoms with Crippen LogP contribution in [0.3, 0.4) is 0 Å². The summed E-state index contributed by atoms with van der Waals surface area (Å²) in [5.41, 5.74) is 0.497. The van der Waals surface area contributed by atoms with Crippen molar-refractivity contribution in [2.45, 2.75) is 32.4 Å². The van der Waals surface area contributed by atoms with E-state index in [-0.39, 0.29) is 24.5 Å². The lowest BCUT2D eigenvalue weighted by molar-refractivity contribution is 0.231. The lowest BCUT2D eigenvalue weighted by Gasteiger charge is -2.21. The van der Waals surface area contributed by atoms with Crippen molar-refractivity contribution in [3.05, 3.63) is 34.1 Å². The third-order valence-corrected chi connectivity index (χ3v) is 3.11. The summed E-state index contributed by atoms with van der Waals surface area (Å²) >= 11 is 3.30. The van der Waals surface area contributed by atoms with Gasteiger partial charge in [0.25, 0.3) is 0 Å². The van der Waals surface area contributed by atoms with Crippen molar-refractivity contribution in [3.8, 4) is 0 Å². The maximum atomic E-state index is 13.6. The molecular weight excluding hydrogens is 273 g/mol. The molecule has 2 atom stereocenters. The number of benzene rings is 1. The lowest BCUT2D eigenvalue weighted by Crippen LogP contribution is -2.32. The molecule has 0 fully saturated rings. The molecule has 1 aromatic rings. The minimum absolute atomic E-state index is 0.113. The van der Waals surface area contributed by atoms with Crippen molar-refractivity contribution in [1.82, 2.24) is 5.32 Å². The van der Waals surface area contributed by atoms with Gasteiger partial charge in [-0.2, -0.15) is 0 Å². The molecule has 0 heterocycles. The second-order valence-electron chi connectivity index (χ2n) is 3.88. The minimum atomic E-state index is -0.354. The van der Waals surface area contributed by atoms with Gasteiger partial charge in [0.05, 0.1) is 12.6 Å². The number of hydrogen-bond donors (Lipinski definition) is 2. The summed E-state index contributed by atoms with van der Waals surface area (Å²) in [4.78, 5) is 0. The van der Waals surface area contributed by atoms with Gasteiger partial charge in [0.15, 0.2) is 0 Å². The molecule has 0 aliphatic heterocycles. The average Bonchev–Trinajstić information content (AvgIpc) is 2.29. The molecule has 90 valence electrons. The van der Waals surface area contributed by atoms with Crippen LogP contribution in [-0.4, -0.2) is 17.8 Å². The van der Waals surface area contributed by atoms with Gasteiger partial charge >= 0.3 is 0 Å². The zero-order valence-electron chi connectivity index (χ0n) is 9.50. The van der Waals surface area contributed by atoms with E-state index in [1.54, 1.807) is 12.1 Å². The highest BCUT2D eigenvalue weighted by molar-refractivity contribution is 9.10. The van der Waals surface area contributed by atoms with E-state index in [4.69, 9.17) is 0 Å². The largest absolute Gasteiger partial charge is 0.394 e. The van der Waals surface area contributed by atoms with Crippen LogP contribution in [-0.2, 0) is 0 Å². The fraction of sp³-hybridized carbons (Fsp3) is 0.500. The van der Waals surface area contributed by atoms with E-state index in [1.165, 1.54) is 6.07 Å². The lowest BCUT2D eigenvalue weighted by atomic mass is 10.1. The molecule has 0 amide bonds. The SMILES string of the molecule is CCC(C)NC(CO)c1cc(Br)ccc1F.